The summed E-state index contributed by atoms with van der Waals surface area (Å²) in [5.41, 5.74) is 1.45. The number of fused-ring (bicyclic) bond motifs is 1. The first-order valence-corrected chi connectivity index (χ1v) is 9.10. The summed E-state index contributed by atoms with van der Waals surface area (Å²) in [7, 11) is 0. The molecule has 2 heterocycles. The van der Waals surface area contributed by atoms with Crippen LogP contribution in [0.1, 0.15) is 23.8 Å². The second-order valence-corrected chi connectivity index (χ2v) is 6.21. The predicted molar refractivity (Wildman–Crippen MR) is 94.0 cm³/mol. The fraction of sp³-hybridized carbons (Fsp3) is 0.312. The molecule has 1 amide bonds. The van der Waals surface area contributed by atoms with Crippen molar-refractivity contribution < 1.29 is 9.32 Å². The predicted octanol–water partition coefficient (Wildman–Crippen LogP) is 1.42. The van der Waals surface area contributed by atoms with Gasteiger partial charge in [0.1, 0.15) is 5.69 Å². The molecule has 0 radical (unpaired) electrons. The standard InChI is InChI=1S/C16H17N5O3S/c1-25-9-13-20-15(24-21-13)8-17-14(22)7-6-12-16(23)19-11-5-3-2-4-10(11)18-12/h2-5H,6-9H2,1H3,(H,17,22)(H,19,23). The van der Waals surface area contributed by atoms with E-state index in [0.29, 0.717) is 34.2 Å². The number of carbonyl (C=O) groups is 1. The highest BCUT2D eigenvalue weighted by Crippen LogP contribution is 2.07. The average Bonchev–Trinajstić information content (AvgIpc) is 3.06. The number of rotatable bonds is 7. The first-order valence-electron chi connectivity index (χ1n) is 7.71. The zero-order valence-corrected chi connectivity index (χ0v) is 14.4. The van der Waals surface area contributed by atoms with E-state index >= 15 is 0 Å². The number of thioether (sulfide) groups is 1. The summed E-state index contributed by atoms with van der Waals surface area (Å²) in [4.78, 5) is 35.2. The Morgan fingerprint density at radius 2 is 2.16 bits per heavy atom. The Labute approximate surface area is 147 Å². The van der Waals surface area contributed by atoms with Gasteiger partial charge in [-0.3, -0.25) is 9.59 Å². The van der Waals surface area contributed by atoms with Gasteiger partial charge in [-0.2, -0.15) is 16.7 Å². The molecular weight excluding hydrogens is 342 g/mol. The second-order valence-electron chi connectivity index (χ2n) is 5.34. The molecule has 0 spiro atoms. The second kappa shape index (κ2) is 7.93. The minimum absolute atomic E-state index is 0.153. The molecule has 0 fully saturated rings. The normalized spacial score (nSPS) is 10.9. The maximum absolute atomic E-state index is 12.0. The molecule has 2 N–H and O–H groups in total. The monoisotopic (exact) mass is 359 g/mol. The van der Waals surface area contributed by atoms with E-state index in [4.69, 9.17) is 4.52 Å². The van der Waals surface area contributed by atoms with E-state index in [1.807, 2.05) is 24.5 Å². The van der Waals surface area contributed by atoms with Crippen molar-refractivity contribution in [1.29, 1.82) is 0 Å². The molecule has 0 saturated heterocycles. The number of para-hydroxylation sites is 2. The molecular formula is C16H17N5O3S. The number of amides is 1. The molecule has 8 nitrogen and oxygen atoms in total. The van der Waals surface area contributed by atoms with Crippen molar-refractivity contribution in [1.82, 2.24) is 25.4 Å². The van der Waals surface area contributed by atoms with E-state index in [9.17, 15) is 9.59 Å². The van der Waals surface area contributed by atoms with Crippen molar-refractivity contribution in [2.45, 2.75) is 25.1 Å². The van der Waals surface area contributed by atoms with E-state index in [1.54, 1.807) is 17.8 Å². The van der Waals surface area contributed by atoms with Crippen molar-refractivity contribution >= 4 is 28.7 Å². The lowest BCUT2D eigenvalue weighted by Crippen LogP contribution is -2.25. The Balaban J connectivity index is 1.55. The van der Waals surface area contributed by atoms with E-state index in [0.717, 1.165) is 0 Å². The van der Waals surface area contributed by atoms with Crippen molar-refractivity contribution in [2.24, 2.45) is 0 Å². The fourth-order valence-electron chi connectivity index (χ4n) is 2.28. The SMILES string of the molecule is CSCc1noc(CNC(=O)CCc2nc3ccccc3[nH]c2=O)n1. The van der Waals surface area contributed by atoms with E-state index < -0.39 is 0 Å². The number of H-pyrrole nitrogens is 1. The molecule has 0 aliphatic carbocycles. The maximum atomic E-state index is 12.0. The largest absolute Gasteiger partial charge is 0.347 e. The summed E-state index contributed by atoms with van der Waals surface area (Å²) in [6.07, 6.45) is 2.36. The lowest BCUT2D eigenvalue weighted by Gasteiger charge is -2.03. The van der Waals surface area contributed by atoms with Crippen LogP contribution in [0.3, 0.4) is 0 Å². The third-order valence-electron chi connectivity index (χ3n) is 3.48. The summed E-state index contributed by atoms with van der Waals surface area (Å²) in [5, 5.41) is 6.50. The van der Waals surface area contributed by atoms with E-state index in [2.05, 4.69) is 25.4 Å². The van der Waals surface area contributed by atoms with Crippen molar-refractivity contribution in [3.05, 3.63) is 52.0 Å². The summed E-state index contributed by atoms with van der Waals surface area (Å²) in [6.45, 7) is 0.168. The summed E-state index contributed by atoms with van der Waals surface area (Å²) in [5.74, 6) is 1.41. The van der Waals surface area contributed by atoms with E-state index in [1.165, 1.54) is 0 Å². The topological polar surface area (TPSA) is 114 Å². The Hall–Kier alpha value is -2.68. The molecule has 2 aromatic heterocycles. The lowest BCUT2D eigenvalue weighted by molar-refractivity contribution is -0.121. The molecule has 3 aromatic rings. The summed E-state index contributed by atoms with van der Waals surface area (Å²) in [6, 6.07) is 7.28. The van der Waals surface area contributed by atoms with Crippen LogP contribution >= 0.6 is 11.8 Å². The van der Waals surface area contributed by atoms with Crippen LogP contribution in [0.2, 0.25) is 0 Å². The number of benzene rings is 1. The van der Waals surface area contributed by atoms with Gasteiger partial charge in [-0.25, -0.2) is 4.98 Å². The molecule has 0 aliphatic rings. The molecule has 9 heteroatoms. The van der Waals surface area contributed by atoms with Crippen LogP contribution in [0.5, 0.6) is 0 Å². The quantitative estimate of drug-likeness (QED) is 0.656. The number of aryl methyl sites for hydroxylation is 1. The molecule has 3 rings (SSSR count). The minimum atomic E-state index is -0.273. The number of nitrogens with one attached hydrogen (secondary N) is 2. The molecule has 25 heavy (non-hydrogen) atoms. The zero-order valence-electron chi connectivity index (χ0n) is 13.6. The number of aromatic amines is 1. The molecule has 130 valence electrons. The zero-order chi connectivity index (χ0) is 17.6. The molecule has 0 aliphatic heterocycles. The van der Waals surface area contributed by atoms with Gasteiger partial charge in [0.25, 0.3) is 5.56 Å². The molecule has 0 bridgehead atoms. The first kappa shape index (κ1) is 17.2. The molecule has 0 unspecified atom stereocenters. The van der Waals surface area contributed by atoms with Crippen molar-refractivity contribution in [3.63, 3.8) is 0 Å². The first-order chi connectivity index (χ1) is 12.2. The Morgan fingerprint density at radius 3 is 3.00 bits per heavy atom. The Kier molecular flexibility index (Phi) is 5.44. The van der Waals surface area contributed by atoms with E-state index in [-0.39, 0.29) is 30.9 Å². The highest BCUT2D eigenvalue weighted by molar-refractivity contribution is 7.97. The van der Waals surface area contributed by atoms with Crippen LogP contribution in [0.25, 0.3) is 11.0 Å². The van der Waals surface area contributed by atoms with Gasteiger partial charge >= 0.3 is 0 Å². The van der Waals surface area contributed by atoms with Crippen LogP contribution in [0.4, 0.5) is 0 Å². The smallest absolute Gasteiger partial charge is 0.270 e. The minimum Gasteiger partial charge on any atom is -0.347 e. The van der Waals surface area contributed by atoms with Gasteiger partial charge in [0.15, 0.2) is 5.82 Å². The maximum Gasteiger partial charge on any atom is 0.270 e. The highest BCUT2D eigenvalue weighted by atomic mass is 32.2. The van der Waals surface area contributed by atoms with Gasteiger partial charge in [-0.15, -0.1) is 0 Å². The third kappa shape index (κ3) is 4.44. The summed E-state index contributed by atoms with van der Waals surface area (Å²) >= 11 is 1.59. The van der Waals surface area contributed by atoms with Gasteiger partial charge in [0.2, 0.25) is 11.8 Å². The van der Waals surface area contributed by atoms with Crippen LogP contribution in [-0.4, -0.2) is 32.3 Å². The van der Waals surface area contributed by atoms with Gasteiger partial charge < -0.3 is 14.8 Å². The van der Waals surface area contributed by atoms with Gasteiger partial charge in [-0.1, -0.05) is 17.3 Å². The van der Waals surface area contributed by atoms with Crippen molar-refractivity contribution in [2.75, 3.05) is 6.26 Å². The van der Waals surface area contributed by atoms with Crippen LogP contribution < -0.4 is 10.9 Å². The average molecular weight is 359 g/mol. The number of hydrogen-bond donors (Lipinski definition) is 2. The lowest BCUT2D eigenvalue weighted by atomic mass is 10.2. The van der Waals surface area contributed by atoms with Crippen LogP contribution in [0, 0.1) is 0 Å². The third-order valence-corrected chi connectivity index (χ3v) is 4.03. The Morgan fingerprint density at radius 1 is 1.32 bits per heavy atom. The van der Waals surface area contributed by atoms with Gasteiger partial charge in [0.05, 0.1) is 23.3 Å². The number of aromatic nitrogens is 4. The number of nitrogens with zero attached hydrogens (tertiary/aromatic N) is 3. The molecule has 1 aromatic carbocycles. The van der Waals surface area contributed by atoms with Crippen molar-refractivity contribution in [3.8, 4) is 0 Å². The summed E-state index contributed by atoms with van der Waals surface area (Å²) < 4.78 is 5.04. The van der Waals surface area contributed by atoms with Gasteiger partial charge in [-0.05, 0) is 18.4 Å². The Bertz CT molecular complexity index is 937. The van der Waals surface area contributed by atoms with Gasteiger partial charge in [0, 0.05) is 12.8 Å². The molecule has 0 saturated carbocycles. The van der Waals surface area contributed by atoms with Crippen LogP contribution in [-0.2, 0) is 23.5 Å². The number of hydrogen-bond acceptors (Lipinski definition) is 7. The highest BCUT2D eigenvalue weighted by Gasteiger charge is 2.10. The van der Waals surface area contributed by atoms with Crippen LogP contribution in [0.15, 0.2) is 33.6 Å². The molecule has 0 atom stereocenters. The fourth-order valence-corrected chi connectivity index (χ4v) is 2.66. The number of carbonyl (C=O) groups excluding carboxylic acids is 1.